The summed E-state index contributed by atoms with van der Waals surface area (Å²) in [5, 5.41) is 4.76. The fourth-order valence-electron chi connectivity index (χ4n) is 4.12. The molecule has 3 aromatic rings. The molecule has 1 heterocycles. The maximum absolute atomic E-state index is 12.9. The van der Waals surface area contributed by atoms with E-state index in [9.17, 15) is 9.59 Å². The summed E-state index contributed by atoms with van der Waals surface area (Å²) in [6.07, 6.45) is 7.83. The molecule has 0 saturated heterocycles. The first kappa shape index (κ1) is 18.2. The summed E-state index contributed by atoms with van der Waals surface area (Å²) in [6, 6.07) is 14.2. The number of carbonyl (C=O) groups is 1. The van der Waals surface area contributed by atoms with E-state index in [2.05, 4.69) is 18.3 Å². The van der Waals surface area contributed by atoms with Gasteiger partial charge >= 0.3 is 0 Å². The van der Waals surface area contributed by atoms with Crippen molar-refractivity contribution in [3.63, 3.8) is 0 Å². The highest BCUT2D eigenvalue weighted by Gasteiger charge is 2.24. The lowest BCUT2D eigenvalue weighted by Gasteiger charge is -2.26. The molecule has 0 aliphatic heterocycles. The number of amides is 1. The van der Waals surface area contributed by atoms with E-state index in [-0.39, 0.29) is 11.5 Å². The largest absolute Gasteiger partial charge is 0.349 e. The molecule has 2 fully saturated rings. The van der Waals surface area contributed by atoms with Crippen molar-refractivity contribution in [2.45, 2.75) is 51.6 Å². The van der Waals surface area contributed by atoms with Crippen LogP contribution in [-0.2, 0) is 6.54 Å². The van der Waals surface area contributed by atoms with Gasteiger partial charge in [0.15, 0.2) is 0 Å². The van der Waals surface area contributed by atoms with Crippen molar-refractivity contribution >= 4 is 16.7 Å². The van der Waals surface area contributed by atoms with Crippen molar-refractivity contribution in [3.8, 4) is 11.1 Å². The molecule has 0 unspecified atom stereocenters. The van der Waals surface area contributed by atoms with Crippen LogP contribution in [0.25, 0.3) is 21.9 Å². The van der Waals surface area contributed by atoms with Crippen molar-refractivity contribution < 1.29 is 4.79 Å². The number of aromatic nitrogens is 1. The summed E-state index contributed by atoms with van der Waals surface area (Å²) in [5.74, 6) is 0.644. The summed E-state index contributed by atoms with van der Waals surface area (Å²) >= 11 is 0. The van der Waals surface area contributed by atoms with Crippen LogP contribution in [0.3, 0.4) is 0 Å². The minimum absolute atomic E-state index is 0.00609. The number of fused-ring (bicyclic) bond motifs is 1. The molecule has 0 spiro atoms. The molecular formula is C25H26N2O2. The number of rotatable bonds is 5. The number of benzene rings is 2. The first-order chi connectivity index (χ1) is 14.1. The van der Waals surface area contributed by atoms with E-state index < -0.39 is 0 Å². The van der Waals surface area contributed by atoms with Crippen LogP contribution in [0.5, 0.6) is 0 Å². The topological polar surface area (TPSA) is 51.1 Å². The Balaban J connectivity index is 1.49. The van der Waals surface area contributed by atoms with Gasteiger partial charge in [-0.3, -0.25) is 9.59 Å². The molecule has 0 atom stereocenters. The number of hydrogen-bond donors (Lipinski definition) is 1. The Labute approximate surface area is 170 Å². The van der Waals surface area contributed by atoms with E-state index >= 15 is 0 Å². The maximum Gasteiger partial charge on any atom is 0.258 e. The molecule has 4 heteroatoms. The molecule has 2 aliphatic rings. The van der Waals surface area contributed by atoms with E-state index in [0.29, 0.717) is 17.5 Å². The maximum atomic E-state index is 12.9. The molecule has 0 radical (unpaired) electrons. The van der Waals surface area contributed by atoms with Crippen LogP contribution < -0.4 is 10.9 Å². The van der Waals surface area contributed by atoms with Crippen LogP contribution in [0, 0.1) is 12.8 Å². The van der Waals surface area contributed by atoms with E-state index in [0.717, 1.165) is 46.8 Å². The van der Waals surface area contributed by atoms with Gasteiger partial charge in [-0.25, -0.2) is 0 Å². The molecule has 1 N–H and O–H groups in total. The Kier molecular flexibility index (Phi) is 4.50. The van der Waals surface area contributed by atoms with Crippen molar-refractivity contribution in [1.82, 2.24) is 9.88 Å². The van der Waals surface area contributed by atoms with Gasteiger partial charge in [0.05, 0.1) is 0 Å². The van der Waals surface area contributed by atoms with E-state index in [1.54, 1.807) is 0 Å². The Bertz CT molecular complexity index is 1150. The summed E-state index contributed by atoms with van der Waals surface area (Å²) in [7, 11) is 0. The summed E-state index contributed by atoms with van der Waals surface area (Å²) in [4.78, 5) is 25.3. The molecule has 2 aliphatic carbocycles. The zero-order valence-electron chi connectivity index (χ0n) is 16.8. The minimum Gasteiger partial charge on any atom is -0.349 e. The number of hydrogen-bond acceptors (Lipinski definition) is 2. The van der Waals surface area contributed by atoms with Gasteiger partial charge in [-0.2, -0.15) is 0 Å². The quantitative estimate of drug-likeness (QED) is 0.693. The van der Waals surface area contributed by atoms with Gasteiger partial charge in [-0.05, 0) is 90.9 Å². The van der Waals surface area contributed by atoms with E-state index in [1.807, 2.05) is 47.2 Å². The molecule has 1 aromatic heterocycles. The molecule has 1 amide bonds. The molecule has 29 heavy (non-hydrogen) atoms. The van der Waals surface area contributed by atoms with Gasteiger partial charge < -0.3 is 9.88 Å². The molecule has 148 valence electrons. The number of pyridine rings is 1. The average Bonchev–Trinajstić information content (AvgIpc) is 3.50. The highest BCUT2D eigenvalue weighted by Crippen LogP contribution is 2.29. The predicted molar refractivity (Wildman–Crippen MR) is 116 cm³/mol. The molecule has 4 nitrogen and oxygen atoms in total. The van der Waals surface area contributed by atoms with Gasteiger partial charge in [0, 0.05) is 29.7 Å². The minimum atomic E-state index is -0.00609. The highest BCUT2D eigenvalue weighted by molar-refractivity contribution is 5.96. The molecule has 2 aromatic carbocycles. The fraction of sp³-hybridized carbons (Fsp3) is 0.360. The van der Waals surface area contributed by atoms with Crippen molar-refractivity contribution in [2.75, 3.05) is 0 Å². The van der Waals surface area contributed by atoms with E-state index in [1.165, 1.54) is 19.3 Å². The second kappa shape index (κ2) is 7.18. The molecule has 2 saturated carbocycles. The lowest BCUT2D eigenvalue weighted by atomic mass is 9.85. The van der Waals surface area contributed by atoms with Gasteiger partial charge in [0.1, 0.15) is 0 Å². The Morgan fingerprint density at radius 3 is 2.62 bits per heavy atom. The van der Waals surface area contributed by atoms with Crippen molar-refractivity contribution in [1.29, 1.82) is 0 Å². The molecule has 0 bridgehead atoms. The standard InChI is InChI=1S/C25H26N2O2/c1-16-5-6-20(24(28)26-21-8-9-21)14-23(16)18-7-10-22-19(13-18)11-12-27(25(22)29)15-17-3-2-4-17/h5-7,10-14,17,21H,2-4,8-9,15H2,1H3,(H,26,28). The Hall–Kier alpha value is -2.88. The predicted octanol–water partition coefficient (Wildman–Crippen LogP) is 4.67. The third-order valence-electron chi connectivity index (χ3n) is 6.38. The van der Waals surface area contributed by atoms with Crippen LogP contribution in [-0.4, -0.2) is 16.5 Å². The van der Waals surface area contributed by atoms with Crippen LogP contribution in [0.4, 0.5) is 0 Å². The third kappa shape index (κ3) is 3.59. The molecular weight excluding hydrogens is 360 g/mol. The normalized spacial score (nSPS) is 16.6. The number of aryl methyl sites for hydroxylation is 1. The van der Waals surface area contributed by atoms with Crippen LogP contribution in [0.15, 0.2) is 53.5 Å². The highest BCUT2D eigenvalue weighted by atomic mass is 16.1. The fourth-order valence-corrected chi connectivity index (χ4v) is 4.12. The van der Waals surface area contributed by atoms with Gasteiger partial charge in [0.25, 0.3) is 11.5 Å². The second-order valence-corrected chi connectivity index (χ2v) is 8.65. The summed E-state index contributed by atoms with van der Waals surface area (Å²) < 4.78 is 1.86. The number of carbonyl (C=O) groups excluding carboxylic acids is 1. The Morgan fingerprint density at radius 1 is 1.07 bits per heavy atom. The number of nitrogens with zero attached hydrogens (tertiary/aromatic N) is 1. The first-order valence-corrected chi connectivity index (χ1v) is 10.6. The van der Waals surface area contributed by atoms with Gasteiger partial charge in [-0.1, -0.05) is 18.6 Å². The Morgan fingerprint density at radius 2 is 1.90 bits per heavy atom. The van der Waals surface area contributed by atoms with Gasteiger partial charge in [0.2, 0.25) is 0 Å². The number of nitrogens with one attached hydrogen (secondary N) is 1. The SMILES string of the molecule is Cc1ccc(C(=O)NC2CC2)cc1-c1ccc2c(=O)n(CC3CCC3)ccc2c1. The smallest absolute Gasteiger partial charge is 0.258 e. The second-order valence-electron chi connectivity index (χ2n) is 8.65. The lowest BCUT2D eigenvalue weighted by molar-refractivity contribution is 0.0951. The zero-order valence-corrected chi connectivity index (χ0v) is 16.8. The van der Waals surface area contributed by atoms with Crippen LogP contribution >= 0.6 is 0 Å². The van der Waals surface area contributed by atoms with Crippen LogP contribution in [0.1, 0.15) is 48.0 Å². The third-order valence-corrected chi connectivity index (χ3v) is 6.38. The lowest BCUT2D eigenvalue weighted by Crippen LogP contribution is -2.26. The first-order valence-electron chi connectivity index (χ1n) is 10.6. The average molecular weight is 386 g/mol. The monoisotopic (exact) mass is 386 g/mol. The summed E-state index contributed by atoms with van der Waals surface area (Å²) in [5.41, 5.74) is 3.97. The van der Waals surface area contributed by atoms with Crippen molar-refractivity contribution in [2.24, 2.45) is 5.92 Å². The molecule has 5 rings (SSSR count). The van der Waals surface area contributed by atoms with E-state index in [4.69, 9.17) is 0 Å². The summed E-state index contributed by atoms with van der Waals surface area (Å²) in [6.45, 7) is 2.88. The van der Waals surface area contributed by atoms with Gasteiger partial charge in [-0.15, -0.1) is 0 Å². The van der Waals surface area contributed by atoms with Crippen molar-refractivity contribution in [3.05, 3.63) is 70.1 Å². The van der Waals surface area contributed by atoms with Crippen LogP contribution in [0.2, 0.25) is 0 Å². The zero-order chi connectivity index (χ0) is 20.0.